The van der Waals surface area contributed by atoms with E-state index in [1.165, 1.54) is 59.9 Å². The number of benzene rings is 4. The lowest BCUT2D eigenvalue weighted by Crippen LogP contribution is -1.93. The highest BCUT2D eigenvalue weighted by Gasteiger charge is 2.21. The summed E-state index contributed by atoms with van der Waals surface area (Å²) >= 11 is 0. The first-order valence-electron chi connectivity index (χ1n) is 9.95. The summed E-state index contributed by atoms with van der Waals surface area (Å²) in [6.45, 7) is 3.21. The average Bonchev–Trinajstić information content (AvgIpc) is 3.38. The molecule has 0 aliphatic heterocycles. The largest absolute Gasteiger partial charge is 0.340 e. The summed E-state index contributed by atoms with van der Waals surface area (Å²) in [6, 6.07) is 28.9. The molecule has 7 rings (SSSR count). The van der Waals surface area contributed by atoms with E-state index in [1.807, 2.05) is 0 Å². The Hall–Kier alpha value is -3.52. The summed E-state index contributed by atoms with van der Waals surface area (Å²) < 4.78 is 4.95. The zero-order valence-corrected chi connectivity index (χ0v) is 15.6. The number of para-hydroxylation sites is 3. The Morgan fingerprint density at radius 1 is 0.536 bits per heavy atom. The number of hydrogen-bond donors (Lipinski definition) is 0. The Morgan fingerprint density at radius 2 is 1.18 bits per heavy atom. The van der Waals surface area contributed by atoms with Gasteiger partial charge in [0.15, 0.2) is 0 Å². The Morgan fingerprint density at radius 3 is 2.00 bits per heavy atom. The molecule has 0 fully saturated rings. The van der Waals surface area contributed by atoms with Crippen LogP contribution in [0.4, 0.5) is 0 Å². The Kier molecular flexibility index (Phi) is 2.51. The van der Waals surface area contributed by atoms with Crippen molar-refractivity contribution < 1.29 is 0 Å². The van der Waals surface area contributed by atoms with Crippen LogP contribution in [0, 0.1) is 0 Å². The lowest BCUT2D eigenvalue weighted by atomic mass is 10.1. The molecule has 3 aromatic heterocycles. The molecule has 28 heavy (non-hydrogen) atoms. The monoisotopic (exact) mass is 358 g/mol. The average molecular weight is 358 g/mol. The molecule has 0 radical (unpaired) electrons. The van der Waals surface area contributed by atoms with Gasteiger partial charge in [0.1, 0.15) is 0 Å². The minimum absolute atomic E-state index is 0.964. The van der Waals surface area contributed by atoms with Crippen molar-refractivity contribution >= 4 is 59.9 Å². The molecule has 0 saturated carbocycles. The summed E-state index contributed by atoms with van der Waals surface area (Å²) in [4.78, 5) is 0. The van der Waals surface area contributed by atoms with Crippen LogP contribution in [0.5, 0.6) is 0 Å². The molecule has 0 N–H and O–H groups in total. The van der Waals surface area contributed by atoms with Gasteiger partial charge >= 0.3 is 0 Å². The van der Waals surface area contributed by atoms with E-state index in [2.05, 4.69) is 94.8 Å². The fourth-order valence-electron chi connectivity index (χ4n) is 5.39. The predicted molar refractivity (Wildman–Crippen MR) is 120 cm³/mol. The quantitative estimate of drug-likeness (QED) is 0.300. The van der Waals surface area contributed by atoms with Gasteiger partial charge < -0.3 is 8.97 Å². The molecule has 132 valence electrons. The topological polar surface area (TPSA) is 9.34 Å². The molecule has 0 bridgehead atoms. The van der Waals surface area contributed by atoms with Crippen molar-refractivity contribution in [1.29, 1.82) is 0 Å². The second-order valence-electron chi connectivity index (χ2n) is 7.67. The van der Waals surface area contributed by atoms with Gasteiger partial charge in [-0.3, -0.25) is 0 Å². The SMILES string of the molecule is CCn1c2ccccc2c2ccc3c(c4cccc5c6ccccc6n3c54)c21. The maximum absolute atomic E-state index is 2.48. The lowest BCUT2D eigenvalue weighted by molar-refractivity contribution is 0.829. The third kappa shape index (κ3) is 1.49. The molecule has 0 unspecified atom stereocenters. The molecule has 3 heterocycles. The number of aromatic nitrogens is 2. The second-order valence-corrected chi connectivity index (χ2v) is 7.67. The first-order chi connectivity index (χ1) is 13.9. The highest BCUT2D eigenvalue weighted by molar-refractivity contribution is 6.30. The van der Waals surface area contributed by atoms with Crippen molar-refractivity contribution in [2.75, 3.05) is 0 Å². The summed E-state index contributed by atoms with van der Waals surface area (Å²) in [7, 11) is 0. The van der Waals surface area contributed by atoms with Crippen LogP contribution in [-0.2, 0) is 6.54 Å². The summed E-state index contributed by atoms with van der Waals surface area (Å²) in [5.74, 6) is 0. The molecule has 0 spiro atoms. The van der Waals surface area contributed by atoms with Gasteiger partial charge in [0.25, 0.3) is 0 Å². The number of aryl methyl sites for hydroxylation is 1. The maximum Gasteiger partial charge on any atom is 0.0621 e. The van der Waals surface area contributed by atoms with Gasteiger partial charge in [-0.1, -0.05) is 60.7 Å². The van der Waals surface area contributed by atoms with Gasteiger partial charge in [0.2, 0.25) is 0 Å². The smallest absolute Gasteiger partial charge is 0.0621 e. The molecule has 2 heteroatoms. The minimum atomic E-state index is 0.964. The van der Waals surface area contributed by atoms with Gasteiger partial charge in [-0.25, -0.2) is 0 Å². The molecular formula is C26H18N2. The lowest BCUT2D eigenvalue weighted by Gasteiger charge is -2.05. The van der Waals surface area contributed by atoms with Crippen LogP contribution in [0.2, 0.25) is 0 Å². The highest BCUT2D eigenvalue weighted by atomic mass is 15.0. The fraction of sp³-hybridized carbons (Fsp3) is 0.0769. The molecule has 0 atom stereocenters. The third-order valence-corrected chi connectivity index (χ3v) is 6.43. The van der Waals surface area contributed by atoms with Crippen LogP contribution in [0.15, 0.2) is 78.9 Å². The molecule has 0 aliphatic carbocycles. The van der Waals surface area contributed by atoms with Crippen molar-refractivity contribution in [1.82, 2.24) is 8.97 Å². The number of hydrogen-bond acceptors (Lipinski definition) is 0. The summed E-state index contributed by atoms with van der Waals surface area (Å²) in [5.41, 5.74) is 6.63. The zero-order valence-electron chi connectivity index (χ0n) is 15.6. The Bertz CT molecular complexity index is 1690. The summed E-state index contributed by atoms with van der Waals surface area (Å²) in [5, 5.41) is 8.10. The van der Waals surface area contributed by atoms with Crippen LogP contribution < -0.4 is 0 Å². The van der Waals surface area contributed by atoms with Crippen LogP contribution in [-0.4, -0.2) is 8.97 Å². The van der Waals surface area contributed by atoms with Crippen molar-refractivity contribution in [2.24, 2.45) is 0 Å². The number of nitrogens with zero attached hydrogens (tertiary/aromatic N) is 2. The first-order valence-corrected chi connectivity index (χ1v) is 9.95. The van der Waals surface area contributed by atoms with E-state index in [0.29, 0.717) is 0 Å². The van der Waals surface area contributed by atoms with Gasteiger partial charge in [-0.05, 0) is 25.1 Å². The molecule has 0 aliphatic rings. The van der Waals surface area contributed by atoms with E-state index in [1.54, 1.807) is 0 Å². The zero-order chi connectivity index (χ0) is 18.4. The van der Waals surface area contributed by atoms with Gasteiger partial charge in [-0.2, -0.15) is 0 Å². The van der Waals surface area contributed by atoms with Crippen molar-refractivity contribution in [2.45, 2.75) is 13.5 Å². The first kappa shape index (κ1) is 14.5. The van der Waals surface area contributed by atoms with Crippen molar-refractivity contribution in [3.8, 4) is 0 Å². The van der Waals surface area contributed by atoms with Crippen LogP contribution in [0.3, 0.4) is 0 Å². The molecule has 7 aromatic rings. The fourth-order valence-corrected chi connectivity index (χ4v) is 5.39. The molecule has 0 saturated heterocycles. The molecule has 4 aromatic carbocycles. The number of fused-ring (bicyclic) bond motifs is 10. The van der Waals surface area contributed by atoms with E-state index in [-0.39, 0.29) is 0 Å². The summed E-state index contributed by atoms with van der Waals surface area (Å²) in [6.07, 6.45) is 0. The Balaban J connectivity index is 1.88. The molecule has 2 nitrogen and oxygen atoms in total. The maximum atomic E-state index is 2.48. The molecule has 0 amide bonds. The van der Waals surface area contributed by atoms with Crippen LogP contribution >= 0.6 is 0 Å². The van der Waals surface area contributed by atoms with Crippen LogP contribution in [0.25, 0.3) is 59.9 Å². The second kappa shape index (κ2) is 4.85. The van der Waals surface area contributed by atoms with Gasteiger partial charge in [-0.15, -0.1) is 0 Å². The van der Waals surface area contributed by atoms with Crippen molar-refractivity contribution in [3.63, 3.8) is 0 Å². The van der Waals surface area contributed by atoms with Gasteiger partial charge in [0, 0.05) is 44.4 Å². The molecular weight excluding hydrogens is 340 g/mol. The number of rotatable bonds is 1. The van der Waals surface area contributed by atoms with E-state index < -0.39 is 0 Å². The highest BCUT2D eigenvalue weighted by Crippen LogP contribution is 2.43. The normalized spacial score (nSPS) is 12.6. The standard InChI is InChI=1S/C26H18N2/c1-2-27-21-12-5-3-8-16(21)19-14-15-23-24(26(19)27)20-11-7-10-18-17-9-4-6-13-22(17)28(23)25(18)20/h3-15H,2H2,1H3. The predicted octanol–water partition coefficient (Wildman–Crippen LogP) is 6.96. The third-order valence-electron chi connectivity index (χ3n) is 6.43. The van der Waals surface area contributed by atoms with E-state index in [9.17, 15) is 0 Å². The van der Waals surface area contributed by atoms with E-state index in [0.717, 1.165) is 6.54 Å². The van der Waals surface area contributed by atoms with Gasteiger partial charge in [0.05, 0.1) is 22.1 Å². The van der Waals surface area contributed by atoms with Crippen LogP contribution in [0.1, 0.15) is 6.92 Å². The van der Waals surface area contributed by atoms with E-state index in [4.69, 9.17) is 0 Å². The van der Waals surface area contributed by atoms with E-state index >= 15 is 0 Å². The Labute approximate surface area is 161 Å². The minimum Gasteiger partial charge on any atom is -0.340 e. The van der Waals surface area contributed by atoms with Crippen molar-refractivity contribution in [3.05, 3.63) is 78.9 Å².